The smallest absolute Gasteiger partial charge is 0.352 e. The highest BCUT2D eigenvalue weighted by Crippen LogP contribution is 2.41. The molecule has 1 saturated heterocycles. The van der Waals surface area contributed by atoms with Crippen LogP contribution in [0.3, 0.4) is 0 Å². The first-order valence-electron chi connectivity index (χ1n) is 6.49. The van der Waals surface area contributed by atoms with E-state index < -0.39 is 11.9 Å². The number of β-lactam (4-membered cyclic amide) rings is 1. The van der Waals surface area contributed by atoms with Gasteiger partial charge in [-0.15, -0.1) is 16.9 Å². The Morgan fingerprint density at radius 1 is 1.43 bits per heavy atom. The zero-order valence-electron chi connectivity index (χ0n) is 11.5. The topological polar surface area (TPSA) is 139 Å². The van der Waals surface area contributed by atoms with Gasteiger partial charge in [-0.25, -0.2) is 9.48 Å². The van der Waals surface area contributed by atoms with Crippen molar-refractivity contribution in [1.82, 2.24) is 25.1 Å². The molecule has 0 bridgehead atoms. The Kier molecular flexibility index (Phi) is 4.26. The zero-order valence-corrected chi connectivity index (χ0v) is 13.2. The molecule has 0 aromatic carbocycles. The number of aromatic nitrogens is 4. The van der Waals surface area contributed by atoms with Crippen molar-refractivity contribution in [3.8, 4) is 0 Å². The van der Waals surface area contributed by atoms with E-state index in [0.29, 0.717) is 17.3 Å². The van der Waals surface area contributed by atoms with Crippen molar-refractivity contribution in [2.45, 2.75) is 28.7 Å². The molecule has 3 heterocycles. The molecule has 10 nitrogen and oxygen atoms in total. The second kappa shape index (κ2) is 6.20. The summed E-state index contributed by atoms with van der Waals surface area (Å²) in [5.41, 5.74) is 0.000674. The van der Waals surface area contributed by atoms with E-state index in [1.807, 2.05) is 0 Å². The number of aliphatic carboxylic acids is 2. The molecule has 122 valence electrons. The van der Waals surface area contributed by atoms with Gasteiger partial charge in [0.25, 0.3) is 0 Å². The fraction of sp³-hybridized carbons (Fsp3) is 0.455. The van der Waals surface area contributed by atoms with E-state index in [1.165, 1.54) is 33.1 Å². The van der Waals surface area contributed by atoms with Gasteiger partial charge in [0.05, 0.1) is 11.8 Å². The summed E-state index contributed by atoms with van der Waals surface area (Å²) in [6.45, 7) is -0.339. The molecule has 0 aliphatic carbocycles. The highest BCUT2D eigenvalue weighted by molar-refractivity contribution is 8.03. The fourth-order valence-electron chi connectivity index (χ4n) is 2.23. The average Bonchev–Trinajstić information content (AvgIpc) is 2.89. The number of hydrogen-bond donors (Lipinski definition) is 2. The van der Waals surface area contributed by atoms with Gasteiger partial charge in [0.1, 0.15) is 12.2 Å². The van der Waals surface area contributed by atoms with Gasteiger partial charge in [-0.1, -0.05) is 11.8 Å². The van der Waals surface area contributed by atoms with Crippen LogP contribution in [0.4, 0.5) is 0 Å². The molecule has 12 heteroatoms. The lowest BCUT2D eigenvalue weighted by atomic mass is 10.1. The Bertz CT molecular complexity index is 705. The Morgan fingerprint density at radius 3 is 2.87 bits per heavy atom. The Morgan fingerprint density at radius 2 is 2.22 bits per heavy atom. The first kappa shape index (κ1) is 15.8. The molecule has 0 radical (unpaired) electrons. The highest BCUT2D eigenvalue weighted by Gasteiger charge is 2.45. The molecule has 0 spiro atoms. The third kappa shape index (κ3) is 3.17. The Labute approximate surface area is 137 Å². The van der Waals surface area contributed by atoms with E-state index in [1.54, 1.807) is 6.08 Å². The quantitative estimate of drug-likeness (QED) is 0.505. The lowest BCUT2D eigenvalue weighted by Gasteiger charge is -2.44. The summed E-state index contributed by atoms with van der Waals surface area (Å²) >= 11 is 2.74. The Balaban J connectivity index is 1.68. The van der Waals surface area contributed by atoms with Crippen LogP contribution in [0.5, 0.6) is 0 Å². The summed E-state index contributed by atoms with van der Waals surface area (Å²) in [5, 5.41) is 28.9. The van der Waals surface area contributed by atoms with Crippen LogP contribution >= 0.6 is 23.5 Å². The van der Waals surface area contributed by atoms with Crippen LogP contribution < -0.4 is 0 Å². The maximum Gasteiger partial charge on any atom is 0.352 e. The first-order chi connectivity index (χ1) is 11.0. The molecule has 1 unspecified atom stereocenters. The van der Waals surface area contributed by atoms with Crippen molar-refractivity contribution in [2.24, 2.45) is 0 Å². The number of tetrazole rings is 1. The number of carboxylic acid groups (broad SMARTS) is 2. The minimum absolute atomic E-state index is 0.000674. The SMILES string of the molecule is O=C(O)Cn1nnnc1SCC1C=C(C(=O)O)N2C(=O)C[C@H]2S1. The molecule has 2 aliphatic heterocycles. The van der Waals surface area contributed by atoms with Crippen molar-refractivity contribution in [3.63, 3.8) is 0 Å². The maximum atomic E-state index is 11.5. The number of carboxylic acids is 2. The lowest BCUT2D eigenvalue weighted by molar-refractivity contribution is -0.146. The molecule has 0 saturated carbocycles. The number of fused-ring (bicyclic) bond motifs is 1. The van der Waals surface area contributed by atoms with Gasteiger partial charge in [0.15, 0.2) is 0 Å². The van der Waals surface area contributed by atoms with E-state index in [0.717, 1.165) is 0 Å². The first-order valence-corrected chi connectivity index (χ1v) is 8.42. The fourth-order valence-corrected chi connectivity index (χ4v) is 4.70. The predicted octanol–water partition coefficient (Wildman–Crippen LogP) is -0.508. The van der Waals surface area contributed by atoms with Crippen molar-refractivity contribution in [1.29, 1.82) is 0 Å². The number of hydrogen-bond acceptors (Lipinski definition) is 8. The molecular weight excluding hydrogens is 346 g/mol. The molecule has 2 atom stereocenters. The zero-order chi connectivity index (χ0) is 16.6. The van der Waals surface area contributed by atoms with Gasteiger partial charge in [0.2, 0.25) is 11.1 Å². The van der Waals surface area contributed by atoms with Crippen molar-refractivity contribution in [2.75, 3.05) is 5.75 Å². The van der Waals surface area contributed by atoms with E-state index in [2.05, 4.69) is 15.5 Å². The predicted molar refractivity (Wildman–Crippen MR) is 78.5 cm³/mol. The number of nitrogens with zero attached hydrogens (tertiary/aromatic N) is 5. The molecule has 1 amide bonds. The number of carbonyl (C=O) groups excluding carboxylic acids is 1. The summed E-state index contributed by atoms with van der Waals surface area (Å²) in [6, 6.07) is 0. The third-order valence-corrected chi connectivity index (χ3v) is 5.85. The van der Waals surface area contributed by atoms with Crippen LogP contribution in [0.15, 0.2) is 16.9 Å². The van der Waals surface area contributed by atoms with Crippen LogP contribution in [0.2, 0.25) is 0 Å². The summed E-state index contributed by atoms with van der Waals surface area (Å²) in [4.78, 5) is 34.8. The minimum Gasteiger partial charge on any atom is -0.480 e. The molecule has 23 heavy (non-hydrogen) atoms. The molecule has 1 aromatic heterocycles. The van der Waals surface area contributed by atoms with Gasteiger partial charge in [-0.2, -0.15) is 0 Å². The van der Waals surface area contributed by atoms with E-state index in [4.69, 9.17) is 5.11 Å². The monoisotopic (exact) mass is 357 g/mol. The molecule has 3 rings (SSSR count). The molecule has 2 N–H and O–H groups in total. The largest absolute Gasteiger partial charge is 0.480 e. The summed E-state index contributed by atoms with van der Waals surface area (Å²) in [5.74, 6) is -1.90. The van der Waals surface area contributed by atoms with Crippen LogP contribution in [0, 0.1) is 0 Å². The third-order valence-electron chi connectivity index (χ3n) is 3.22. The molecule has 1 fully saturated rings. The van der Waals surface area contributed by atoms with Crippen LogP contribution in [-0.2, 0) is 20.9 Å². The molecule has 1 aromatic rings. The second-order valence-corrected chi connectivity index (χ2v) is 7.19. The number of carbonyl (C=O) groups is 3. The van der Waals surface area contributed by atoms with Gasteiger partial charge in [0, 0.05) is 11.0 Å². The van der Waals surface area contributed by atoms with Crippen LogP contribution in [0.1, 0.15) is 6.42 Å². The number of rotatable bonds is 6. The van der Waals surface area contributed by atoms with Crippen molar-refractivity contribution >= 4 is 41.4 Å². The van der Waals surface area contributed by atoms with E-state index in [-0.39, 0.29) is 28.8 Å². The maximum absolute atomic E-state index is 11.5. The van der Waals surface area contributed by atoms with E-state index >= 15 is 0 Å². The van der Waals surface area contributed by atoms with E-state index in [9.17, 15) is 19.5 Å². The van der Waals surface area contributed by atoms with Gasteiger partial charge >= 0.3 is 11.9 Å². The second-order valence-electron chi connectivity index (χ2n) is 4.78. The Hall–Kier alpha value is -2.08. The normalized spacial score (nSPS) is 23.0. The van der Waals surface area contributed by atoms with Gasteiger partial charge in [-0.3, -0.25) is 14.5 Å². The molecule has 2 aliphatic rings. The average molecular weight is 357 g/mol. The van der Waals surface area contributed by atoms with Crippen LogP contribution in [0.25, 0.3) is 0 Å². The summed E-state index contributed by atoms with van der Waals surface area (Å²) in [6.07, 6.45) is 1.87. The standard InChI is InChI=1S/C11H11N5O5S2/c17-7-2-8-16(7)6(10(20)21)1-5(23-8)4-22-11-12-13-14-15(11)3-9(18)19/h1,5,8H,2-4H2,(H,18,19)(H,20,21)/t5?,8-/m1/s1. The summed E-state index contributed by atoms with van der Waals surface area (Å²) < 4.78 is 1.17. The lowest BCUT2D eigenvalue weighted by Crippen LogP contribution is -2.54. The number of amides is 1. The van der Waals surface area contributed by atoms with Gasteiger partial charge < -0.3 is 10.2 Å². The van der Waals surface area contributed by atoms with Crippen molar-refractivity contribution < 1.29 is 24.6 Å². The minimum atomic E-state index is -1.13. The van der Waals surface area contributed by atoms with Crippen molar-refractivity contribution in [3.05, 3.63) is 11.8 Å². The molecular formula is C11H11N5O5S2. The summed E-state index contributed by atoms with van der Waals surface area (Å²) in [7, 11) is 0. The number of thioether (sulfide) groups is 2. The van der Waals surface area contributed by atoms with Crippen LogP contribution in [-0.4, -0.2) is 69.5 Å². The van der Waals surface area contributed by atoms with Gasteiger partial charge in [-0.05, 0) is 16.5 Å². The highest BCUT2D eigenvalue weighted by atomic mass is 32.2.